The number of aromatic nitrogens is 2. The first-order chi connectivity index (χ1) is 12.4. The fourth-order valence-corrected chi connectivity index (χ4v) is 2.86. The van der Waals surface area contributed by atoms with E-state index in [-0.39, 0.29) is 11.5 Å². The van der Waals surface area contributed by atoms with Crippen molar-refractivity contribution in [2.24, 2.45) is 5.92 Å². The van der Waals surface area contributed by atoms with Crippen LogP contribution in [0.1, 0.15) is 46.1 Å². The quantitative estimate of drug-likeness (QED) is 0.753. The van der Waals surface area contributed by atoms with Gasteiger partial charge in [-0.1, -0.05) is 45.7 Å². The maximum absolute atomic E-state index is 12.8. The normalized spacial score (nSPS) is 13.5. The Morgan fingerprint density at radius 3 is 2.58 bits per heavy atom. The van der Waals surface area contributed by atoms with Gasteiger partial charge in [-0.25, -0.2) is 9.78 Å². The van der Waals surface area contributed by atoms with Crippen LogP contribution in [0.3, 0.4) is 0 Å². The zero-order valence-corrected chi connectivity index (χ0v) is 15.3. The Kier molecular flexibility index (Phi) is 6.49. The van der Waals surface area contributed by atoms with Gasteiger partial charge in [-0.2, -0.15) is 0 Å². The molecule has 26 heavy (non-hydrogen) atoms. The van der Waals surface area contributed by atoms with E-state index in [1.54, 1.807) is 38.1 Å². The van der Waals surface area contributed by atoms with Gasteiger partial charge in [0.15, 0.2) is 0 Å². The molecule has 0 aliphatic heterocycles. The Morgan fingerprint density at radius 2 is 1.96 bits per heavy atom. The molecule has 0 saturated carbocycles. The van der Waals surface area contributed by atoms with Gasteiger partial charge in [0.2, 0.25) is 5.91 Å². The van der Waals surface area contributed by atoms with Gasteiger partial charge in [-0.05, 0) is 24.5 Å². The number of carboxylic acids is 1. The van der Waals surface area contributed by atoms with Crippen molar-refractivity contribution < 1.29 is 14.7 Å². The summed E-state index contributed by atoms with van der Waals surface area (Å²) in [5.74, 6) is -1.83. The molecule has 0 spiro atoms. The number of carbonyl (C=O) groups is 2. The second-order valence-electron chi connectivity index (χ2n) is 6.70. The molecule has 2 aromatic rings. The highest BCUT2D eigenvalue weighted by Gasteiger charge is 2.29. The van der Waals surface area contributed by atoms with Crippen LogP contribution in [0.5, 0.6) is 0 Å². The lowest BCUT2D eigenvalue weighted by molar-refractivity contribution is -0.143. The second kappa shape index (κ2) is 8.60. The molecule has 2 atom stereocenters. The monoisotopic (exact) mass is 359 g/mol. The number of aliphatic carboxylic acids is 1. The third-order valence-electron chi connectivity index (χ3n) is 4.39. The minimum atomic E-state index is -1.09. The van der Waals surface area contributed by atoms with Gasteiger partial charge in [-0.15, -0.1) is 0 Å². The number of benzene rings is 1. The molecule has 1 aromatic carbocycles. The first-order valence-corrected chi connectivity index (χ1v) is 8.85. The van der Waals surface area contributed by atoms with Gasteiger partial charge in [0.1, 0.15) is 12.1 Å². The van der Waals surface area contributed by atoms with Gasteiger partial charge in [-0.3, -0.25) is 14.2 Å². The summed E-state index contributed by atoms with van der Waals surface area (Å²) in [6.45, 7) is 5.44. The van der Waals surface area contributed by atoms with E-state index in [2.05, 4.69) is 10.3 Å². The van der Waals surface area contributed by atoms with Gasteiger partial charge < -0.3 is 10.4 Å². The van der Waals surface area contributed by atoms with E-state index in [4.69, 9.17) is 0 Å². The Balaban J connectivity index is 2.41. The lowest BCUT2D eigenvalue weighted by atomic mass is 10.0. The van der Waals surface area contributed by atoms with Crippen molar-refractivity contribution in [1.82, 2.24) is 14.9 Å². The Hall–Kier alpha value is -2.70. The van der Waals surface area contributed by atoms with E-state index >= 15 is 0 Å². The van der Waals surface area contributed by atoms with Crippen molar-refractivity contribution >= 4 is 22.8 Å². The average molecular weight is 359 g/mol. The minimum Gasteiger partial charge on any atom is -0.480 e. The number of unbranched alkanes of at least 4 members (excludes halogenated alkanes) is 1. The molecule has 140 valence electrons. The number of nitrogens with zero attached hydrogens (tertiary/aromatic N) is 2. The van der Waals surface area contributed by atoms with Crippen LogP contribution >= 0.6 is 0 Å². The molecule has 0 radical (unpaired) electrons. The summed E-state index contributed by atoms with van der Waals surface area (Å²) in [5, 5.41) is 12.3. The average Bonchev–Trinajstić information content (AvgIpc) is 2.61. The highest BCUT2D eigenvalue weighted by Crippen LogP contribution is 2.16. The first kappa shape index (κ1) is 19.6. The number of carboxylic acid groups (broad SMARTS) is 1. The van der Waals surface area contributed by atoms with E-state index in [0.29, 0.717) is 17.3 Å². The molecule has 1 heterocycles. The number of hydrogen-bond donors (Lipinski definition) is 2. The summed E-state index contributed by atoms with van der Waals surface area (Å²) in [4.78, 5) is 41.3. The van der Waals surface area contributed by atoms with Crippen molar-refractivity contribution in [1.29, 1.82) is 0 Å². The molecule has 2 unspecified atom stereocenters. The number of para-hydroxylation sites is 1. The molecule has 2 N–H and O–H groups in total. The summed E-state index contributed by atoms with van der Waals surface area (Å²) in [7, 11) is 0. The van der Waals surface area contributed by atoms with E-state index in [1.807, 2.05) is 6.92 Å². The van der Waals surface area contributed by atoms with Crippen molar-refractivity contribution in [3.8, 4) is 0 Å². The number of nitrogens with one attached hydrogen (secondary N) is 1. The number of amides is 1. The number of fused-ring (bicyclic) bond motifs is 1. The predicted molar refractivity (Wildman–Crippen MR) is 99.0 cm³/mol. The van der Waals surface area contributed by atoms with Crippen LogP contribution in [0.2, 0.25) is 0 Å². The van der Waals surface area contributed by atoms with Crippen molar-refractivity contribution in [2.45, 2.75) is 52.1 Å². The molecule has 7 heteroatoms. The molecule has 0 fully saturated rings. The van der Waals surface area contributed by atoms with E-state index in [9.17, 15) is 19.5 Å². The highest BCUT2D eigenvalue weighted by atomic mass is 16.4. The minimum absolute atomic E-state index is 0.269. The van der Waals surface area contributed by atoms with Gasteiger partial charge in [0, 0.05) is 0 Å². The fraction of sp³-hybridized carbons (Fsp3) is 0.474. The van der Waals surface area contributed by atoms with Crippen LogP contribution in [-0.4, -0.2) is 32.6 Å². The topological polar surface area (TPSA) is 101 Å². The Labute approximate surface area is 152 Å². The largest absolute Gasteiger partial charge is 0.480 e. The second-order valence-corrected chi connectivity index (χ2v) is 6.70. The zero-order valence-electron chi connectivity index (χ0n) is 15.3. The first-order valence-electron chi connectivity index (χ1n) is 8.85. The van der Waals surface area contributed by atoms with Crippen LogP contribution in [0.4, 0.5) is 0 Å². The van der Waals surface area contributed by atoms with E-state index < -0.39 is 24.0 Å². The van der Waals surface area contributed by atoms with Crippen molar-refractivity contribution in [2.75, 3.05) is 0 Å². The van der Waals surface area contributed by atoms with Crippen LogP contribution in [0.15, 0.2) is 35.4 Å². The Morgan fingerprint density at radius 1 is 1.27 bits per heavy atom. The molecule has 2 rings (SSSR count). The molecule has 0 saturated heterocycles. The molecule has 0 aliphatic rings. The van der Waals surface area contributed by atoms with Crippen LogP contribution in [0.25, 0.3) is 10.9 Å². The molecule has 0 bridgehead atoms. The standard InChI is InChI=1S/C19H25N3O4/c1-4-5-10-15(17(23)21-16(12(2)3)19(25)26)22-11-20-14-9-7-6-8-13(14)18(22)24/h6-9,11-12,15-16H,4-5,10H2,1-3H3,(H,21,23)(H,25,26). The SMILES string of the molecule is CCCCC(C(=O)NC(C(=O)O)C(C)C)n1cnc2ccccc2c1=O. The molecule has 0 aliphatic carbocycles. The van der Waals surface area contributed by atoms with Gasteiger partial charge >= 0.3 is 5.97 Å². The number of rotatable bonds is 8. The molecular formula is C19H25N3O4. The molecular weight excluding hydrogens is 334 g/mol. The maximum Gasteiger partial charge on any atom is 0.326 e. The third-order valence-corrected chi connectivity index (χ3v) is 4.39. The van der Waals surface area contributed by atoms with Crippen molar-refractivity contribution in [3.63, 3.8) is 0 Å². The smallest absolute Gasteiger partial charge is 0.326 e. The molecule has 7 nitrogen and oxygen atoms in total. The summed E-state index contributed by atoms with van der Waals surface area (Å²) < 4.78 is 1.31. The number of carbonyl (C=O) groups excluding carboxylic acids is 1. The highest BCUT2D eigenvalue weighted by molar-refractivity contribution is 5.86. The fourth-order valence-electron chi connectivity index (χ4n) is 2.86. The van der Waals surface area contributed by atoms with E-state index in [0.717, 1.165) is 12.8 Å². The lowest BCUT2D eigenvalue weighted by Crippen LogP contribution is -2.48. The molecule has 1 aromatic heterocycles. The summed E-state index contributed by atoms with van der Waals surface area (Å²) in [6, 6.07) is 5.15. The van der Waals surface area contributed by atoms with E-state index in [1.165, 1.54) is 10.9 Å². The molecule has 1 amide bonds. The zero-order chi connectivity index (χ0) is 19.3. The maximum atomic E-state index is 12.8. The number of hydrogen-bond acceptors (Lipinski definition) is 4. The summed E-state index contributed by atoms with van der Waals surface area (Å²) in [5.41, 5.74) is 0.261. The van der Waals surface area contributed by atoms with Crippen LogP contribution in [0, 0.1) is 5.92 Å². The van der Waals surface area contributed by atoms with Crippen LogP contribution in [-0.2, 0) is 9.59 Å². The van der Waals surface area contributed by atoms with Crippen molar-refractivity contribution in [3.05, 3.63) is 40.9 Å². The van der Waals surface area contributed by atoms with Gasteiger partial charge in [0.25, 0.3) is 5.56 Å². The summed E-state index contributed by atoms with van der Waals surface area (Å²) >= 11 is 0. The van der Waals surface area contributed by atoms with Gasteiger partial charge in [0.05, 0.1) is 17.2 Å². The summed E-state index contributed by atoms with van der Waals surface area (Å²) in [6.07, 6.45) is 3.39. The van der Waals surface area contributed by atoms with Crippen LogP contribution < -0.4 is 10.9 Å². The Bertz CT molecular complexity index is 844. The lowest BCUT2D eigenvalue weighted by Gasteiger charge is -2.23. The predicted octanol–water partition coefficient (Wildman–Crippen LogP) is 2.35. The third kappa shape index (κ3) is 4.28.